The van der Waals surface area contributed by atoms with Crippen molar-refractivity contribution in [3.05, 3.63) is 0 Å². The molecule has 7 N–H and O–H groups in total. The molecule has 0 rings (SSSR count). The minimum atomic E-state index is -1.60. The molecule has 0 saturated heterocycles. The lowest BCUT2D eigenvalue weighted by atomic mass is 9.97. The molecule has 0 heterocycles. The van der Waals surface area contributed by atoms with Crippen LogP contribution >= 0.6 is 0 Å². The van der Waals surface area contributed by atoms with E-state index in [1.807, 2.05) is 0 Å². The fourth-order valence-electron chi connectivity index (χ4n) is 1.03. The lowest BCUT2D eigenvalue weighted by Crippen LogP contribution is -2.52. The Morgan fingerprint density at radius 3 is 1.86 bits per heavy atom. The predicted molar refractivity (Wildman–Crippen MR) is 49.4 cm³/mol. The maximum atomic E-state index is 9.37. The van der Waals surface area contributed by atoms with Crippen molar-refractivity contribution in [3.63, 3.8) is 0 Å². The van der Waals surface area contributed by atoms with Crippen LogP contribution in [0.4, 0.5) is 0 Å². The van der Waals surface area contributed by atoms with Gasteiger partial charge in [0, 0.05) is 6.04 Å². The average molecular weight is 209 g/mol. The number of hydrogen-bond donors (Lipinski definition) is 6. The molecule has 0 aromatic rings. The quantitative estimate of drug-likeness (QED) is 0.280. The molecule has 0 saturated carbocycles. The molecular formula is C8H19NO5. The first-order valence-electron chi connectivity index (χ1n) is 4.54. The van der Waals surface area contributed by atoms with Crippen LogP contribution in [-0.4, -0.2) is 62.6 Å². The lowest BCUT2D eigenvalue weighted by Gasteiger charge is -2.28. The molecule has 0 aliphatic heterocycles. The molecule has 6 heteroatoms. The van der Waals surface area contributed by atoms with Crippen molar-refractivity contribution >= 4 is 0 Å². The summed E-state index contributed by atoms with van der Waals surface area (Å²) in [6.07, 6.45) is -5.54. The summed E-state index contributed by atoms with van der Waals surface area (Å²) in [6.45, 7) is 1.03. The highest BCUT2D eigenvalue weighted by atomic mass is 16.4. The summed E-state index contributed by atoms with van der Waals surface area (Å²) >= 11 is 0. The lowest BCUT2D eigenvalue weighted by molar-refractivity contribution is -0.119. The maximum Gasteiger partial charge on any atom is 0.111 e. The fraction of sp³-hybridized carbons (Fsp3) is 1.00. The van der Waals surface area contributed by atoms with Crippen LogP contribution in [-0.2, 0) is 0 Å². The van der Waals surface area contributed by atoms with Crippen molar-refractivity contribution in [1.29, 1.82) is 0 Å². The smallest absolute Gasteiger partial charge is 0.111 e. The molecule has 0 aromatic carbocycles. The second kappa shape index (κ2) is 6.28. The van der Waals surface area contributed by atoms with E-state index in [2.05, 4.69) is 0 Å². The highest BCUT2D eigenvalue weighted by Gasteiger charge is 2.32. The van der Waals surface area contributed by atoms with Gasteiger partial charge in [-0.2, -0.15) is 0 Å². The zero-order valence-corrected chi connectivity index (χ0v) is 8.11. The molecule has 0 amide bonds. The fourth-order valence-corrected chi connectivity index (χ4v) is 1.03. The summed E-state index contributed by atoms with van der Waals surface area (Å²) in [4.78, 5) is 0. The Bertz CT molecular complexity index is 141. The monoisotopic (exact) mass is 209 g/mol. The number of hydrogen-bond acceptors (Lipinski definition) is 6. The van der Waals surface area contributed by atoms with Crippen LogP contribution in [0.25, 0.3) is 0 Å². The Labute approximate surface area is 82.6 Å². The Kier molecular flexibility index (Phi) is 6.17. The predicted octanol–water partition coefficient (Wildman–Crippen LogP) is -2.84. The van der Waals surface area contributed by atoms with Gasteiger partial charge in [-0.1, -0.05) is 6.92 Å². The van der Waals surface area contributed by atoms with E-state index in [0.29, 0.717) is 6.42 Å². The standard InChI is InChI=1S/C8H19NO5/c1-2-4(9)6(12)8(14)7(13)5(11)3-10/h4-8,10-14H,2-3,9H2,1H3/t4?,5-,6+,7-,8-/m1/s1. The van der Waals surface area contributed by atoms with E-state index in [1.54, 1.807) is 6.92 Å². The summed E-state index contributed by atoms with van der Waals surface area (Å²) in [5, 5.41) is 45.4. The van der Waals surface area contributed by atoms with Crippen molar-refractivity contribution in [2.45, 2.75) is 43.8 Å². The van der Waals surface area contributed by atoms with Gasteiger partial charge in [-0.3, -0.25) is 0 Å². The molecular weight excluding hydrogens is 190 g/mol. The van der Waals surface area contributed by atoms with Gasteiger partial charge in [-0.25, -0.2) is 0 Å². The minimum absolute atomic E-state index is 0.431. The van der Waals surface area contributed by atoms with E-state index in [4.69, 9.17) is 15.9 Å². The van der Waals surface area contributed by atoms with E-state index >= 15 is 0 Å². The Balaban J connectivity index is 4.22. The molecule has 0 fully saturated rings. The summed E-state index contributed by atoms with van der Waals surface area (Å²) in [6, 6.07) is -0.675. The van der Waals surface area contributed by atoms with E-state index in [1.165, 1.54) is 0 Å². The van der Waals surface area contributed by atoms with Crippen molar-refractivity contribution < 1.29 is 25.5 Å². The normalized spacial score (nSPS) is 22.5. The van der Waals surface area contributed by atoms with Gasteiger partial charge in [0.05, 0.1) is 12.7 Å². The first kappa shape index (κ1) is 13.8. The van der Waals surface area contributed by atoms with Crippen LogP contribution in [0.1, 0.15) is 13.3 Å². The molecule has 6 nitrogen and oxygen atoms in total. The second-order valence-electron chi connectivity index (χ2n) is 3.29. The average Bonchev–Trinajstić information content (AvgIpc) is 2.23. The largest absolute Gasteiger partial charge is 0.394 e. The third-order valence-corrected chi connectivity index (χ3v) is 2.19. The van der Waals surface area contributed by atoms with Crippen LogP contribution < -0.4 is 5.73 Å². The number of rotatable bonds is 6. The van der Waals surface area contributed by atoms with Gasteiger partial charge in [0.1, 0.15) is 18.3 Å². The number of aliphatic hydroxyl groups is 5. The van der Waals surface area contributed by atoms with Crippen LogP contribution in [0.3, 0.4) is 0 Å². The summed E-state index contributed by atoms with van der Waals surface area (Å²) < 4.78 is 0. The Hall–Kier alpha value is -0.240. The zero-order chi connectivity index (χ0) is 11.3. The second-order valence-corrected chi connectivity index (χ2v) is 3.29. The first-order valence-corrected chi connectivity index (χ1v) is 4.54. The Morgan fingerprint density at radius 2 is 1.50 bits per heavy atom. The van der Waals surface area contributed by atoms with Crippen molar-refractivity contribution in [2.75, 3.05) is 6.61 Å². The first-order chi connectivity index (χ1) is 6.45. The number of aliphatic hydroxyl groups excluding tert-OH is 5. The Morgan fingerprint density at radius 1 is 1.00 bits per heavy atom. The summed E-state index contributed by atoms with van der Waals surface area (Å²) in [7, 11) is 0. The van der Waals surface area contributed by atoms with Crippen LogP contribution in [0.2, 0.25) is 0 Å². The van der Waals surface area contributed by atoms with Crippen LogP contribution in [0.5, 0.6) is 0 Å². The highest BCUT2D eigenvalue weighted by molar-refractivity contribution is 4.85. The molecule has 0 bridgehead atoms. The molecule has 0 radical (unpaired) electrons. The minimum Gasteiger partial charge on any atom is -0.394 e. The SMILES string of the molecule is CCC(N)[C@H](O)[C@@H](O)[C@H](O)[C@H](O)CO. The van der Waals surface area contributed by atoms with Crippen LogP contribution in [0, 0.1) is 0 Å². The van der Waals surface area contributed by atoms with Gasteiger partial charge >= 0.3 is 0 Å². The van der Waals surface area contributed by atoms with Gasteiger partial charge in [-0.05, 0) is 6.42 Å². The van der Waals surface area contributed by atoms with Gasteiger partial charge < -0.3 is 31.3 Å². The van der Waals surface area contributed by atoms with E-state index < -0.39 is 37.1 Å². The molecule has 0 aliphatic carbocycles. The van der Waals surface area contributed by atoms with Gasteiger partial charge in [-0.15, -0.1) is 0 Å². The van der Waals surface area contributed by atoms with E-state index in [-0.39, 0.29) is 0 Å². The molecule has 0 aromatic heterocycles. The molecule has 5 atom stereocenters. The maximum absolute atomic E-state index is 9.37. The van der Waals surface area contributed by atoms with Crippen molar-refractivity contribution in [2.24, 2.45) is 5.73 Å². The van der Waals surface area contributed by atoms with Crippen molar-refractivity contribution in [3.8, 4) is 0 Å². The third kappa shape index (κ3) is 3.49. The molecule has 0 aliphatic rings. The van der Waals surface area contributed by atoms with Crippen LogP contribution in [0.15, 0.2) is 0 Å². The molecule has 0 spiro atoms. The summed E-state index contributed by atoms with van der Waals surface area (Å²) in [5.41, 5.74) is 5.43. The van der Waals surface area contributed by atoms with E-state index in [0.717, 1.165) is 0 Å². The molecule has 86 valence electrons. The third-order valence-electron chi connectivity index (χ3n) is 2.19. The van der Waals surface area contributed by atoms with Gasteiger partial charge in [0.2, 0.25) is 0 Å². The van der Waals surface area contributed by atoms with Crippen molar-refractivity contribution in [1.82, 2.24) is 0 Å². The topological polar surface area (TPSA) is 127 Å². The molecule has 1 unspecified atom stereocenters. The summed E-state index contributed by atoms with van der Waals surface area (Å²) in [5.74, 6) is 0. The number of nitrogens with two attached hydrogens (primary N) is 1. The van der Waals surface area contributed by atoms with Gasteiger partial charge in [0.15, 0.2) is 0 Å². The van der Waals surface area contributed by atoms with Gasteiger partial charge in [0.25, 0.3) is 0 Å². The molecule has 14 heavy (non-hydrogen) atoms. The highest BCUT2D eigenvalue weighted by Crippen LogP contribution is 2.08. The zero-order valence-electron chi connectivity index (χ0n) is 8.11. The van der Waals surface area contributed by atoms with E-state index in [9.17, 15) is 15.3 Å².